The second kappa shape index (κ2) is 7.28. The Morgan fingerprint density at radius 3 is 2.41 bits per heavy atom. The van der Waals surface area contributed by atoms with Crippen LogP contribution in [0, 0.1) is 26.6 Å². The lowest BCUT2D eigenvalue weighted by Crippen LogP contribution is -2.51. The quantitative estimate of drug-likeness (QED) is 0.859. The number of sulfonamides is 1. The molecule has 0 unspecified atom stereocenters. The van der Waals surface area contributed by atoms with Crippen molar-refractivity contribution in [3.63, 3.8) is 0 Å². The fourth-order valence-corrected chi connectivity index (χ4v) is 4.74. The van der Waals surface area contributed by atoms with Crippen molar-refractivity contribution in [3.05, 3.63) is 41.0 Å². The van der Waals surface area contributed by atoms with E-state index in [-0.39, 0.29) is 48.7 Å². The number of nitrogens with zero attached hydrogens (tertiary/aromatic N) is 3. The molecule has 0 aliphatic carbocycles. The number of benzene rings is 1. The fourth-order valence-electron chi connectivity index (χ4n) is 3.03. The van der Waals surface area contributed by atoms with Crippen molar-refractivity contribution >= 4 is 21.7 Å². The summed E-state index contributed by atoms with van der Waals surface area (Å²) < 4.78 is 45.2. The summed E-state index contributed by atoms with van der Waals surface area (Å²) in [6.45, 7) is 5.58. The van der Waals surface area contributed by atoms with Crippen LogP contribution in [0.15, 0.2) is 27.6 Å². The molecule has 8 nitrogen and oxygen atoms in total. The highest BCUT2D eigenvalue weighted by atomic mass is 32.2. The van der Waals surface area contributed by atoms with Crippen LogP contribution < -0.4 is 5.32 Å². The number of nitrogens with one attached hydrogen (secondary N) is 1. The lowest BCUT2D eigenvalue weighted by molar-refractivity contribution is 0.184. The van der Waals surface area contributed by atoms with Gasteiger partial charge in [0.1, 0.15) is 16.4 Å². The first-order chi connectivity index (χ1) is 12.7. The summed E-state index contributed by atoms with van der Waals surface area (Å²) in [5, 5.41) is 6.40. The number of halogens is 1. The molecule has 1 saturated heterocycles. The minimum Gasteiger partial charge on any atom is -0.360 e. The van der Waals surface area contributed by atoms with Gasteiger partial charge in [0.15, 0.2) is 5.76 Å². The van der Waals surface area contributed by atoms with Crippen LogP contribution >= 0.6 is 0 Å². The minimum absolute atomic E-state index is 0.0854. The molecule has 0 saturated carbocycles. The van der Waals surface area contributed by atoms with Gasteiger partial charge >= 0.3 is 6.03 Å². The van der Waals surface area contributed by atoms with Crippen molar-refractivity contribution in [1.82, 2.24) is 14.4 Å². The molecule has 2 amide bonds. The number of anilines is 1. The Hall–Kier alpha value is -2.46. The van der Waals surface area contributed by atoms with E-state index >= 15 is 0 Å². The topological polar surface area (TPSA) is 95.8 Å². The largest absolute Gasteiger partial charge is 0.360 e. The van der Waals surface area contributed by atoms with Gasteiger partial charge in [-0.15, -0.1) is 0 Å². The SMILES string of the molecule is Cc1cc(NC(=O)N2CCN(S(=O)(=O)c3c(C)noc3C)CC2)ccc1F. The number of piperazine rings is 1. The predicted molar refractivity (Wildman–Crippen MR) is 96.5 cm³/mol. The molecule has 0 radical (unpaired) electrons. The summed E-state index contributed by atoms with van der Waals surface area (Å²) in [5.41, 5.74) is 1.24. The normalized spacial score (nSPS) is 15.8. The van der Waals surface area contributed by atoms with E-state index in [2.05, 4.69) is 10.5 Å². The summed E-state index contributed by atoms with van der Waals surface area (Å²) in [6.07, 6.45) is 0. The Balaban J connectivity index is 1.64. The van der Waals surface area contributed by atoms with E-state index in [1.54, 1.807) is 26.8 Å². The smallest absolute Gasteiger partial charge is 0.321 e. The van der Waals surface area contributed by atoms with Crippen LogP contribution in [-0.2, 0) is 10.0 Å². The van der Waals surface area contributed by atoms with E-state index in [1.165, 1.54) is 21.3 Å². The summed E-state index contributed by atoms with van der Waals surface area (Å²) in [6, 6.07) is 3.97. The number of carbonyl (C=O) groups is 1. The highest BCUT2D eigenvalue weighted by molar-refractivity contribution is 7.89. The van der Waals surface area contributed by atoms with E-state index < -0.39 is 10.0 Å². The van der Waals surface area contributed by atoms with Crippen LogP contribution in [-0.4, -0.2) is 55.0 Å². The first-order valence-electron chi connectivity index (χ1n) is 8.45. The average molecular weight is 396 g/mol. The maximum Gasteiger partial charge on any atom is 0.321 e. The molecule has 1 fully saturated rings. The zero-order valence-electron chi connectivity index (χ0n) is 15.3. The Labute approximate surface area is 157 Å². The van der Waals surface area contributed by atoms with E-state index in [0.717, 1.165) is 0 Å². The van der Waals surface area contributed by atoms with Crippen molar-refractivity contribution in [2.45, 2.75) is 25.7 Å². The van der Waals surface area contributed by atoms with Gasteiger partial charge < -0.3 is 14.7 Å². The monoisotopic (exact) mass is 396 g/mol. The molecule has 10 heteroatoms. The van der Waals surface area contributed by atoms with Gasteiger partial charge in [-0.1, -0.05) is 5.16 Å². The number of rotatable bonds is 3. The van der Waals surface area contributed by atoms with E-state index in [0.29, 0.717) is 16.9 Å². The molecule has 0 atom stereocenters. The van der Waals surface area contributed by atoms with E-state index in [9.17, 15) is 17.6 Å². The highest BCUT2D eigenvalue weighted by Crippen LogP contribution is 2.24. The standard InChI is InChI=1S/C17H21FN4O4S/c1-11-10-14(4-5-15(11)18)19-17(23)21-6-8-22(9-7-21)27(24,25)16-12(2)20-26-13(16)3/h4-5,10H,6-9H2,1-3H3,(H,19,23). The zero-order chi connectivity index (χ0) is 19.8. The molecular formula is C17H21FN4O4S. The molecule has 1 aliphatic heterocycles. The van der Waals surface area contributed by atoms with E-state index in [4.69, 9.17) is 4.52 Å². The third-order valence-electron chi connectivity index (χ3n) is 4.50. The summed E-state index contributed by atoms with van der Waals surface area (Å²) in [4.78, 5) is 14.0. The van der Waals surface area contributed by atoms with Gasteiger partial charge in [0.25, 0.3) is 0 Å². The number of aryl methyl sites for hydroxylation is 3. The fraction of sp³-hybridized carbons (Fsp3) is 0.412. The van der Waals surface area contributed by atoms with Crippen molar-refractivity contribution in [2.24, 2.45) is 0 Å². The summed E-state index contributed by atoms with van der Waals surface area (Å²) in [5.74, 6) is -0.0921. The lowest BCUT2D eigenvalue weighted by atomic mass is 10.2. The Morgan fingerprint density at radius 2 is 1.85 bits per heavy atom. The van der Waals surface area contributed by atoms with Gasteiger partial charge in [-0.2, -0.15) is 4.31 Å². The Kier molecular flexibility index (Phi) is 5.20. The molecule has 2 aromatic rings. The molecule has 0 bridgehead atoms. The molecular weight excluding hydrogens is 375 g/mol. The van der Waals surface area contributed by atoms with Crippen LogP contribution in [0.5, 0.6) is 0 Å². The average Bonchev–Trinajstić information content (AvgIpc) is 2.97. The van der Waals surface area contributed by atoms with Crippen LogP contribution in [0.25, 0.3) is 0 Å². The Bertz CT molecular complexity index is 946. The molecule has 3 rings (SSSR count). The molecule has 1 N–H and O–H groups in total. The first kappa shape index (κ1) is 19.3. The summed E-state index contributed by atoms with van der Waals surface area (Å²) in [7, 11) is -3.72. The molecule has 1 aromatic heterocycles. The molecule has 1 aromatic carbocycles. The number of carbonyl (C=O) groups excluding carboxylic acids is 1. The zero-order valence-corrected chi connectivity index (χ0v) is 16.1. The van der Waals surface area contributed by atoms with Crippen LogP contribution in [0.4, 0.5) is 14.9 Å². The van der Waals surface area contributed by atoms with Crippen LogP contribution in [0.3, 0.4) is 0 Å². The van der Waals surface area contributed by atoms with Crippen molar-refractivity contribution in [2.75, 3.05) is 31.5 Å². The number of amides is 2. The van der Waals surface area contributed by atoms with Gasteiger partial charge in [-0.25, -0.2) is 17.6 Å². The molecule has 146 valence electrons. The van der Waals surface area contributed by atoms with Gasteiger partial charge in [-0.05, 0) is 44.5 Å². The third kappa shape index (κ3) is 3.81. The van der Waals surface area contributed by atoms with Gasteiger partial charge in [0, 0.05) is 31.9 Å². The predicted octanol–water partition coefficient (Wildman–Crippen LogP) is 2.28. The Morgan fingerprint density at radius 1 is 1.19 bits per heavy atom. The maximum atomic E-state index is 13.3. The lowest BCUT2D eigenvalue weighted by Gasteiger charge is -2.33. The third-order valence-corrected chi connectivity index (χ3v) is 6.64. The molecule has 27 heavy (non-hydrogen) atoms. The van der Waals surface area contributed by atoms with E-state index in [1.807, 2.05) is 0 Å². The highest BCUT2D eigenvalue weighted by Gasteiger charge is 2.34. The van der Waals surface area contributed by atoms with Crippen LogP contribution in [0.1, 0.15) is 17.0 Å². The van der Waals surface area contributed by atoms with Gasteiger partial charge in [0.05, 0.1) is 0 Å². The minimum atomic E-state index is -3.72. The number of hydrogen-bond donors (Lipinski definition) is 1. The second-order valence-corrected chi connectivity index (χ2v) is 8.31. The molecule has 2 heterocycles. The summed E-state index contributed by atoms with van der Waals surface area (Å²) >= 11 is 0. The van der Waals surface area contributed by atoms with Crippen molar-refractivity contribution in [3.8, 4) is 0 Å². The first-order valence-corrected chi connectivity index (χ1v) is 9.89. The molecule has 1 aliphatic rings. The molecule has 0 spiro atoms. The number of urea groups is 1. The second-order valence-electron chi connectivity index (χ2n) is 6.44. The van der Waals surface area contributed by atoms with Crippen molar-refractivity contribution < 1.29 is 22.1 Å². The van der Waals surface area contributed by atoms with Gasteiger partial charge in [0.2, 0.25) is 10.0 Å². The van der Waals surface area contributed by atoms with Crippen LogP contribution in [0.2, 0.25) is 0 Å². The van der Waals surface area contributed by atoms with Crippen molar-refractivity contribution in [1.29, 1.82) is 0 Å². The van der Waals surface area contributed by atoms with Gasteiger partial charge in [-0.3, -0.25) is 0 Å². The number of aromatic nitrogens is 1. The maximum absolute atomic E-state index is 13.3. The number of hydrogen-bond acceptors (Lipinski definition) is 5.